The number of carboxylic acid groups (broad SMARTS) is 1. The molecule has 0 bridgehead atoms. The van der Waals surface area contributed by atoms with Crippen molar-refractivity contribution in [2.24, 2.45) is 0 Å². The van der Waals surface area contributed by atoms with Crippen molar-refractivity contribution in [1.29, 1.82) is 5.41 Å². The highest BCUT2D eigenvalue weighted by Gasteiger charge is 2.33. The maximum absolute atomic E-state index is 15.5. The van der Waals surface area contributed by atoms with Crippen LogP contribution in [0.15, 0.2) is 18.2 Å². The van der Waals surface area contributed by atoms with E-state index in [9.17, 15) is 19.5 Å². The van der Waals surface area contributed by atoms with Gasteiger partial charge in [0.2, 0.25) is 5.91 Å². The van der Waals surface area contributed by atoms with Gasteiger partial charge in [-0.25, -0.2) is 4.39 Å². The van der Waals surface area contributed by atoms with Crippen molar-refractivity contribution in [3.8, 4) is 17.2 Å². The van der Waals surface area contributed by atoms with Crippen molar-refractivity contribution in [3.63, 3.8) is 0 Å². The van der Waals surface area contributed by atoms with Gasteiger partial charge >= 0.3 is 5.97 Å². The number of Topliss-reactive ketones (excluding diaryl/α,β-unsaturated/α-hetero) is 1. The summed E-state index contributed by atoms with van der Waals surface area (Å²) in [4.78, 5) is 39.6. The second kappa shape index (κ2) is 12.6. The third kappa shape index (κ3) is 6.96. The minimum atomic E-state index is -1.06. The summed E-state index contributed by atoms with van der Waals surface area (Å²) in [6.07, 6.45) is -0.269. The van der Waals surface area contributed by atoms with E-state index in [0.717, 1.165) is 0 Å². The van der Waals surface area contributed by atoms with Crippen LogP contribution in [0.3, 0.4) is 0 Å². The van der Waals surface area contributed by atoms with Crippen LogP contribution < -0.4 is 9.47 Å². The SMILES string of the molecule is CCOc1cc2c(c(F)c1OCC)C(=N)N(CC(=O)c1cc(CN(CCC(=O)O)C(C)=O)c(O)c(C(C)(C)C)c1)C2. The lowest BCUT2D eigenvalue weighted by Crippen LogP contribution is -2.32. The smallest absolute Gasteiger partial charge is 0.305 e. The molecule has 0 unspecified atom stereocenters. The van der Waals surface area contributed by atoms with Gasteiger partial charge in [0.25, 0.3) is 0 Å². The highest BCUT2D eigenvalue weighted by molar-refractivity contribution is 6.06. The van der Waals surface area contributed by atoms with E-state index >= 15 is 4.39 Å². The summed E-state index contributed by atoms with van der Waals surface area (Å²) in [6, 6.07) is 4.71. The molecule has 1 amide bonds. The zero-order chi connectivity index (χ0) is 30.6. The van der Waals surface area contributed by atoms with E-state index < -0.39 is 17.2 Å². The van der Waals surface area contributed by atoms with Crippen molar-refractivity contribution >= 4 is 23.5 Å². The molecule has 11 heteroatoms. The number of nitrogens with zero attached hydrogens (tertiary/aromatic N) is 2. The van der Waals surface area contributed by atoms with Crippen LogP contribution in [-0.2, 0) is 28.1 Å². The summed E-state index contributed by atoms with van der Waals surface area (Å²) in [7, 11) is 0. The molecule has 0 saturated heterocycles. The molecule has 0 aliphatic carbocycles. The van der Waals surface area contributed by atoms with Crippen LogP contribution in [0.1, 0.15) is 80.6 Å². The number of amides is 1. The number of aliphatic carboxylic acids is 1. The Balaban J connectivity index is 1.95. The summed E-state index contributed by atoms with van der Waals surface area (Å²) in [5.41, 5.74) is 1.02. The zero-order valence-corrected chi connectivity index (χ0v) is 24.4. The van der Waals surface area contributed by atoms with Crippen LogP contribution in [0, 0.1) is 11.2 Å². The molecular weight excluding hydrogens is 533 g/mol. The molecule has 3 rings (SSSR count). The molecule has 0 atom stereocenters. The fourth-order valence-corrected chi connectivity index (χ4v) is 4.76. The molecule has 1 aliphatic rings. The van der Waals surface area contributed by atoms with E-state index in [0.29, 0.717) is 23.3 Å². The Morgan fingerprint density at radius 1 is 1.12 bits per heavy atom. The number of phenols is 1. The van der Waals surface area contributed by atoms with Gasteiger partial charge in [-0.1, -0.05) is 20.8 Å². The van der Waals surface area contributed by atoms with Crippen LogP contribution >= 0.6 is 0 Å². The van der Waals surface area contributed by atoms with E-state index in [1.165, 1.54) is 22.8 Å². The Morgan fingerprint density at radius 3 is 2.34 bits per heavy atom. The molecule has 2 aromatic rings. The molecule has 0 fully saturated rings. The number of halogens is 1. The largest absolute Gasteiger partial charge is 0.507 e. The van der Waals surface area contributed by atoms with Crippen LogP contribution in [0.2, 0.25) is 0 Å². The highest BCUT2D eigenvalue weighted by atomic mass is 19.1. The first-order valence-corrected chi connectivity index (χ1v) is 13.5. The van der Waals surface area contributed by atoms with Gasteiger partial charge in [-0.15, -0.1) is 0 Å². The summed E-state index contributed by atoms with van der Waals surface area (Å²) in [6.45, 7) is 10.7. The summed E-state index contributed by atoms with van der Waals surface area (Å²) in [5.74, 6) is -2.57. The van der Waals surface area contributed by atoms with Crippen LogP contribution in [0.5, 0.6) is 17.2 Å². The van der Waals surface area contributed by atoms with Gasteiger partial charge < -0.3 is 29.5 Å². The first kappa shape index (κ1) is 31.4. The van der Waals surface area contributed by atoms with Gasteiger partial charge in [0.15, 0.2) is 23.1 Å². The first-order chi connectivity index (χ1) is 19.2. The number of aromatic hydroxyl groups is 1. The lowest BCUT2D eigenvalue weighted by molar-refractivity contribution is -0.138. The standard InChI is InChI=1S/C30H38FN3O7/c1-7-40-23-13-19-14-34(29(32)25(19)26(31)28(23)41-8-2)16-22(36)18-11-20(27(39)21(12-18)30(4,5)6)15-33(17(3)35)10-9-24(37)38/h11-13,32,39H,7-10,14-16H2,1-6H3,(H,37,38). The number of ketones is 1. The Kier molecular flexibility index (Phi) is 9.62. The minimum Gasteiger partial charge on any atom is -0.507 e. The third-order valence-corrected chi connectivity index (χ3v) is 6.83. The number of carboxylic acids is 1. The number of benzene rings is 2. The summed E-state index contributed by atoms with van der Waals surface area (Å²) in [5, 5.41) is 28.8. The fraction of sp³-hybridized carbons (Fsp3) is 0.467. The van der Waals surface area contributed by atoms with Crippen molar-refractivity contribution in [1.82, 2.24) is 9.80 Å². The highest BCUT2D eigenvalue weighted by Crippen LogP contribution is 2.39. The lowest BCUT2D eigenvalue weighted by Gasteiger charge is -2.26. The Bertz CT molecular complexity index is 1370. The van der Waals surface area contributed by atoms with Crippen molar-refractivity contribution in [2.75, 3.05) is 26.3 Å². The molecule has 222 valence electrons. The molecule has 2 aromatic carbocycles. The number of hydrogen-bond acceptors (Lipinski definition) is 7. The van der Waals surface area contributed by atoms with E-state index in [1.54, 1.807) is 26.0 Å². The normalized spacial score (nSPS) is 12.8. The van der Waals surface area contributed by atoms with Gasteiger partial charge in [0.1, 0.15) is 11.6 Å². The molecule has 0 radical (unpaired) electrons. The number of nitrogens with one attached hydrogen (secondary N) is 1. The molecule has 1 aliphatic heterocycles. The maximum atomic E-state index is 15.5. The predicted molar refractivity (Wildman–Crippen MR) is 150 cm³/mol. The van der Waals surface area contributed by atoms with Gasteiger partial charge in [-0.05, 0) is 43.0 Å². The van der Waals surface area contributed by atoms with E-state index in [1.807, 2.05) is 20.8 Å². The predicted octanol–water partition coefficient (Wildman–Crippen LogP) is 4.47. The quantitative estimate of drug-likeness (QED) is 0.317. The molecule has 3 N–H and O–H groups in total. The average molecular weight is 572 g/mol. The number of hydrogen-bond donors (Lipinski definition) is 3. The number of carbonyl (C=O) groups is 3. The van der Waals surface area contributed by atoms with Crippen molar-refractivity contribution < 1.29 is 38.5 Å². The van der Waals surface area contributed by atoms with Gasteiger partial charge in [0.05, 0.1) is 31.7 Å². The Hall–Kier alpha value is -4.15. The molecule has 0 aromatic heterocycles. The molecular formula is C30H38FN3O7. The number of fused-ring (bicyclic) bond motifs is 1. The number of phenolic OH excluding ortho intramolecular Hbond substituents is 1. The lowest BCUT2D eigenvalue weighted by atomic mass is 9.83. The van der Waals surface area contributed by atoms with Crippen LogP contribution in [0.4, 0.5) is 4.39 Å². The van der Waals surface area contributed by atoms with Crippen LogP contribution in [-0.4, -0.2) is 69.8 Å². The van der Waals surface area contributed by atoms with E-state index in [2.05, 4.69) is 0 Å². The first-order valence-electron chi connectivity index (χ1n) is 13.5. The Labute approximate surface area is 239 Å². The average Bonchev–Trinajstić information content (AvgIpc) is 3.18. The minimum absolute atomic E-state index is 0.0574. The Morgan fingerprint density at radius 2 is 1.78 bits per heavy atom. The molecule has 41 heavy (non-hydrogen) atoms. The van der Waals surface area contributed by atoms with Gasteiger partial charge in [-0.2, -0.15) is 0 Å². The number of rotatable bonds is 12. The molecule has 0 saturated carbocycles. The van der Waals surface area contributed by atoms with Gasteiger partial charge in [0, 0.05) is 43.2 Å². The monoisotopic (exact) mass is 571 g/mol. The van der Waals surface area contributed by atoms with Gasteiger partial charge in [-0.3, -0.25) is 19.8 Å². The zero-order valence-electron chi connectivity index (χ0n) is 24.4. The number of ether oxygens (including phenoxy) is 2. The maximum Gasteiger partial charge on any atom is 0.305 e. The molecule has 0 spiro atoms. The number of carbonyl (C=O) groups excluding carboxylic acids is 2. The second-order valence-corrected chi connectivity index (χ2v) is 10.9. The van der Waals surface area contributed by atoms with E-state index in [4.69, 9.17) is 20.0 Å². The summed E-state index contributed by atoms with van der Waals surface area (Å²) < 4.78 is 26.5. The van der Waals surface area contributed by atoms with E-state index in [-0.39, 0.29) is 85.1 Å². The topological polar surface area (TPSA) is 140 Å². The van der Waals surface area contributed by atoms with Crippen LogP contribution in [0.25, 0.3) is 0 Å². The van der Waals surface area contributed by atoms with Crippen molar-refractivity contribution in [3.05, 3.63) is 51.8 Å². The second-order valence-electron chi connectivity index (χ2n) is 10.9. The summed E-state index contributed by atoms with van der Waals surface area (Å²) >= 11 is 0. The molecule has 10 nitrogen and oxygen atoms in total. The fourth-order valence-electron chi connectivity index (χ4n) is 4.76. The third-order valence-electron chi connectivity index (χ3n) is 6.83. The molecule has 1 heterocycles. The van der Waals surface area contributed by atoms with Crippen molar-refractivity contribution in [2.45, 2.75) is 66.5 Å². The number of amidine groups is 1.